The van der Waals surface area contributed by atoms with Crippen LogP contribution in [0.2, 0.25) is 0 Å². The van der Waals surface area contributed by atoms with Gasteiger partial charge in [0.1, 0.15) is 11.6 Å². The Hall–Kier alpha value is -3.42. The third-order valence-electron chi connectivity index (χ3n) is 3.90. The van der Waals surface area contributed by atoms with Gasteiger partial charge >= 0.3 is 0 Å². The van der Waals surface area contributed by atoms with Crippen molar-refractivity contribution in [1.82, 2.24) is 25.2 Å². The van der Waals surface area contributed by atoms with E-state index in [1.54, 1.807) is 24.3 Å². The van der Waals surface area contributed by atoms with E-state index in [1.807, 2.05) is 35.7 Å². The van der Waals surface area contributed by atoms with Crippen LogP contribution in [0.25, 0.3) is 5.65 Å². The number of nitrogens with one attached hydrogen (secondary N) is 2. The Balaban J connectivity index is 1.46. The Labute approximate surface area is 156 Å². The first-order valence-corrected chi connectivity index (χ1v) is 8.74. The molecule has 0 fully saturated rings. The fraction of sp³-hybridized carbons (Fsp3) is 0.263. The van der Waals surface area contributed by atoms with Gasteiger partial charge in [-0.25, -0.2) is 0 Å². The molecule has 0 saturated heterocycles. The molecule has 0 bridgehead atoms. The molecule has 0 spiro atoms. The molecule has 8 heteroatoms. The molecule has 27 heavy (non-hydrogen) atoms. The zero-order valence-electron chi connectivity index (χ0n) is 15.0. The van der Waals surface area contributed by atoms with Crippen molar-refractivity contribution in [3.63, 3.8) is 0 Å². The Morgan fingerprint density at radius 1 is 1.07 bits per heavy atom. The Morgan fingerprint density at radius 3 is 2.74 bits per heavy atom. The lowest BCUT2D eigenvalue weighted by molar-refractivity contribution is -0.120. The van der Waals surface area contributed by atoms with Gasteiger partial charge in [0.15, 0.2) is 5.65 Å². The maximum Gasteiger partial charge on any atom is 0.255 e. The molecule has 0 atom stereocenters. The summed E-state index contributed by atoms with van der Waals surface area (Å²) in [6, 6.07) is 12.6. The van der Waals surface area contributed by atoms with Crippen molar-refractivity contribution in [3.8, 4) is 5.75 Å². The fourth-order valence-electron chi connectivity index (χ4n) is 2.63. The molecular weight excluding hydrogens is 346 g/mol. The molecular formula is C19H21N5O3. The highest BCUT2D eigenvalue weighted by Crippen LogP contribution is 2.17. The number of rotatable bonds is 8. The van der Waals surface area contributed by atoms with Crippen molar-refractivity contribution >= 4 is 17.5 Å². The van der Waals surface area contributed by atoms with E-state index in [-0.39, 0.29) is 18.4 Å². The number of fused-ring (bicyclic) bond motifs is 1. The molecule has 0 radical (unpaired) electrons. The van der Waals surface area contributed by atoms with Crippen LogP contribution in [-0.4, -0.2) is 46.1 Å². The molecule has 2 N–H and O–H groups in total. The molecule has 0 unspecified atom stereocenters. The van der Waals surface area contributed by atoms with Gasteiger partial charge in [-0.1, -0.05) is 18.2 Å². The summed E-state index contributed by atoms with van der Waals surface area (Å²) in [5, 5.41) is 13.5. The molecule has 2 heterocycles. The van der Waals surface area contributed by atoms with E-state index in [0.717, 1.165) is 11.5 Å². The van der Waals surface area contributed by atoms with Gasteiger partial charge in [0.25, 0.3) is 5.91 Å². The van der Waals surface area contributed by atoms with E-state index in [4.69, 9.17) is 4.74 Å². The van der Waals surface area contributed by atoms with Crippen molar-refractivity contribution in [2.45, 2.75) is 13.3 Å². The Morgan fingerprint density at radius 2 is 1.89 bits per heavy atom. The van der Waals surface area contributed by atoms with Crippen molar-refractivity contribution in [2.75, 3.05) is 19.7 Å². The maximum absolute atomic E-state index is 12.3. The number of pyridine rings is 1. The summed E-state index contributed by atoms with van der Waals surface area (Å²) in [7, 11) is 0. The molecule has 0 aliphatic heterocycles. The lowest BCUT2D eigenvalue weighted by Crippen LogP contribution is -2.37. The molecule has 140 valence electrons. The standard InChI is InChI=1S/C19H21N5O3/c1-2-27-15-8-4-3-7-14(15)19(26)21-13-18(25)20-11-10-17-23-22-16-9-5-6-12-24(16)17/h3-9,12H,2,10-11,13H2,1H3,(H,20,25)(H,21,26). The summed E-state index contributed by atoms with van der Waals surface area (Å²) in [6.07, 6.45) is 2.42. The lowest BCUT2D eigenvalue weighted by atomic mass is 10.2. The number of carbonyl (C=O) groups excluding carboxylic acids is 2. The van der Waals surface area contributed by atoms with Gasteiger partial charge in [-0.3, -0.25) is 14.0 Å². The summed E-state index contributed by atoms with van der Waals surface area (Å²) in [6.45, 7) is 2.60. The lowest BCUT2D eigenvalue weighted by Gasteiger charge is -2.10. The number of ether oxygens (including phenoxy) is 1. The van der Waals surface area contributed by atoms with Crippen LogP contribution in [0.3, 0.4) is 0 Å². The number of hydrogen-bond donors (Lipinski definition) is 2. The predicted octanol–water partition coefficient (Wildman–Crippen LogP) is 1.22. The van der Waals surface area contributed by atoms with Gasteiger partial charge < -0.3 is 15.4 Å². The van der Waals surface area contributed by atoms with Gasteiger partial charge in [-0.2, -0.15) is 0 Å². The summed E-state index contributed by atoms with van der Waals surface area (Å²) < 4.78 is 7.30. The van der Waals surface area contributed by atoms with Crippen LogP contribution >= 0.6 is 0 Å². The quantitative estimate of drug-likeness (QED) is 0.624. The van der Waals surface area contributed by atoms with Crippen LogP contribution in [0.4, 0.5) is 0 Å². The topological polar surface area (TPSA) is 97.6 Å². The summed E-state index contributed by atoms with van der Waals surface area (Å²) in [5.74, 6) is 0.640. The second-order valence-electron chi connectivity index (χ2n) is 5.76. The SMILES string of the molecule is CCOc1ccccc1C(=O)NCC(=O)NCCc1nnc2ccccn12. The average Bonchev–Trinajstić information content (AvgIpc) is 3.10. The van der Waals surface area contributed by atoms with Crippen LogP contribution in [-0.2, 0) is 11.2 Å². The van der Waals surface area contributed by atoms with E-state index in [9.17, 15) is 9.59 Å². The third kappa shape index (κ3) is 4.60. The van der Waals surface area contributed by atoms with Crippen LogP contribution in [0, 0.1) is 0 Å². The zero-order chi connectivity index (χ0) is 19.1. The molecule has 1 aromatic carbocycles. The highest BCUT2D eigenvalue weighted by atomic mass is 16.5. The predicted molar refractivity (Wildman–Crippen MR) is 99.6 cm³/mol. The Bertz CT molecular complexity index is 938. The number of hydrogen-bond acceptors (Lipinski definition) is 5. The summed E-state index contributed by atoms with van der Waals surface area (Å²) in [4.78, 5) is 24.2. The first-order chi connectivity index (χ1) is 13.2. The van der Waals surface area contributed by atoms with Crippen LogP contribution in [0.1, 0.15) is 23.1 Å². The van der Waals surface area contributed by atoms with E-state index in [1.165, 1.54) is 0 Å². The molecule has 0 aliphatic rings. The highest BCUT2D eigenvalue weighted by molar-refractivity contribution is 5.98. The van der Waals surface area contributed by atoms with Crippen molar-refractivity contribution in [1.29, 1.82) is 0 Å². The van der Waals surface area contributed by atoms with Gasteiger partial charge in [0.05, 0.1) is 18.7 Å². The van der Waals surface area contributed by atoms with E-state index < -0.39 is 0 Å². The summed E-state index contributed by atoms with van der Waals surface area (Å²) in [5.41, 5.74) is 1.17. The minimum Gasteiger partial charge on any atom is -0.493 e. The monoisotopic (exact) mass is 367 g/mol. The van der Waals surface area contributed by atoms with E-state index >= 15 is 0 Å². The van der Waals surface area contributed by atoms with E-state index in [0.29, 0.717) is 30.9 Å². The van der Waals surface area contributed by atoms with Crippen LogP contribution < -0.4 is 15.4 Å². The van der Waals surface area contributed by atoms with Crippen molar-refractivity contribution < 1.29 is 14.3 Å². The number of benzene rings is 1. The van der Waals surface area contributed by atoms with Crippen LogP contribution in [0.15, 0.2) is 48.7 Å². The van der Waals surface area contributed by atoms with E-state index in [2.05, 4.69) is 20.8 Å². The van der Waals surface area contributed by atoms with Gasteiger partial charge in [0, 0.05) is 19.2 Å². The summed E-state index contributed by atoms with van der Waals surface area (Å²) >= 11 is 0. The minimum absolute atomic E-state index is 0.111. The second-order valence-corrected chi connectivity index (χ2v) is 5.76. The first kappa shape index (κ1) is 18.4. The average molecular weight is 367 g/mol. The fourth-order valence-corrected chi connectivity index (χ4v) is 2.63. The number of para-hydroxylation sites is 1. The van der Waals surface area contributed by atoms with Crippen LogP contribution in [0.5, 0.6) is 5.75 Å². The number of nitrogens with zero attached hydrogens (tertiary/aromatic N) is 3. The molecule has 3 rings (SSSR count). The smallest absolute Gasteiger partial charge is 0.255 e. The molecule has 8 nitrogen and oxygen atoms in total. The molecule has 3 aromatic rings. The molecule has 0 aliphatic carbocycles. The molecule has 2 aromatic heterocycles. The van der Waals surface area contributed by atoms with Gasteiger partial charge in [0.2, 0.25) is 5.91 Å². The molecule has 0 saturated carbocycles. The number of aromatic nitrogens is 3. The number of amides is 2. The van der Waals surface area contributed by atoms with Crippen molar-refractivity contribution in [2.24, 2.45) is 0 Å². The zero-order valence-corrected chi connectivity index (χ0v) is 15.0. The maximum atomic E-state index is 12.3. The highest BCUT2D eigenvalue weighted by Gasteiger charge is 2.13. The Kier molecular flexibility index (Phi) is 5.98. The first-order valence-electron chi connectivity index (χ1n) is 8.74. The van der Waals surface area contributed by atoms with Gasteiger partial charge in [-0.15, -0.1) is 10.2 Å². The second kappa shape index (κ2) is 8.79. The minimum atomic E-state index is -0.349. The largest absolute Gasteiger partial charge is 0.493 e. The van der Waals surface area contributed by atoms with Gasteiger partial charge in [-0.05, 0) is 31.2 Å². The van der Waals surface area contributed by atoms with Crippen molar-refractivity contribution in [3.05, 3.63) is 60.0 Å². The number of carbonyl (C=O) groups is 2. The normalized spacial score (nSPS) is 10.6. The molecule has 2 amide bonds. The third-order valence-corrected chi connectivity index (χ3v) is 3.90.